The molecular formula is C18H22N4O4. The van der Waals surface area contributed by atoms with E-state index < -0.39 is 4.92 Å². The summed E-state index contributed by atoms with van der Waals surface area (Å²) in [7, 11) is 1.65. The van der Waals surface area contributed by atoms with Gasteiger partial charge in [0.15, 0.2) is 0 Å². The average Bonchev–Trinajstić information content (AvgIpc) is 2.59. The number of nitrogens with one attached hydrogen (secondary N) is 1. The second kappa shape index (κ2) is 7.90. The highest BCUT2D eigenvalue weighted by Crippen LogP contribution is 2.23. The topological polar surface area (TPSA) is 109 Å². The van der Waals surface area contributed by atoms with Crippen molar-refractivity contribution in [1.29, 1.82) is 0 Å². The number of hydrogen-bond donors (Lipinski definition) is 1. The smallest absolute Gasteiger partial charge is 0.269 e. The molecule has 0 aliphatic rings. The molecule has 0 spiro atoms. The van der Waals surface area contributed by atoms with Gasteiger partial charge in [-0.15, -0.1) is 0 Å². The predicted octanol–water partition coefficient (Wildman–Crippen LogP) is 2.45. The molecule has 2 aromatic rings. The van der Waals surface area contributed by atoms with Gasteiger partial charge in [0, 0.05) is 36.9 Å². The molecule has 1 N–H and O–H groups in total. The van der Waals surface area contributed by atoms with Crippen LogP contribution in [0.3, 0.4) is 0 Å². The van der Waals surface area contributed by atoms with Gasteiger partial charge >= 0.3 is 0 Å². The molecular weight excluding hydrogens is 336 g/mol. The van der Waals surface area contributed by atoms with Crippen molar-refractivity contribution in [2.75, 3.05) is 7.05 Å². The summed E-state index contributed by atoms with van der Waals surface area (Å²) in [6.45, 7) is 5.26. The number of nitrogens with zero attached hydrogens (tertiary/aromatic N) is 3. The minimum Gasteiger partial charge on any atom is -0.339 e. The van der Waals surface area contributed by atoms with Crippen molar-refractivity contribution in [3.05, 3.63) is 67.4 Å². The lowest BCUT2D eigenvalue weighted by Gasteiger charge is -2.25. The van der Waals surface area contributed by atoms with Crippen LogP contribution in [0.5, 0.6) is 0 Å². The van der Waals surface area contributed by atoms with E-state index in [0.29, 0.717) is 29.1 Å². The number of H-pyrrole nitrogens is 1. The van der Waals surface area contributed by atoms with E-state index in [-0.39, 0.29) is 29.6 Å². The third-order valence-electron chi connectivity index (χ3n) is 4.47. The minimum absolute atomic E-state index is 0.0110. The van der Waals surface area contributed by atoms with E-state index >= 15 is 0 Å². The molecule has 8 nitrogen and oxygen atoms in total. The average molecular weight is 358 g/mol. The molecule has 0 saturated carbocycles. The number of carbonyl (C=O) groups excluding carboxylic acids is 1. The van der Waals surface area contributed by atoms with Crippen LogP contribution in [0.4, 0.5) is 5.69 Å². The number of non-ortho nitro benzene ring substituents is 1. The van der Waals surface area contributed by atoms with Crippen molar-refractivity contribution >= 4 is 11.6 Å². The molecule has 1 heterocycles. The molecule has 0 radical (unpaired) electrons. The first-order valence-corrected chi connectivity index (χ1v) is 8.27. The Kier molecular flexibility index (Phi) is 5.86. The summed E-state index contributed by atoms with van der Waals surface area (Å²) in [6, 6.07) is 5.91. The van der Waals surface area contributed by atoms with Crippen molar-refractivity contribution in [2.45, 2.75) is 39.7 Å². The fourth-order valence-electron chi connectivity index (χ4n) is 2.79. The number of aryl methyl sites for hydroxylation is 2. The standard InChI is InChI=1S/C18H22N4O4/c1-11-16(18(24)20-13(3)19-11)8-9-17(23)21(4)12(2)14-6-5-7-15(10-14)22(25)26/h5-7,10,12H,8-9H2,1-4H3,(H,19,20,24)/t12-/m0/s1. The molecule has 0 bridgehead atoms. The second-order valence-electron chi connectivity index (χ2n) is 6.25. The molecule has 0 fully saturated rings. The Morgan fingerprint density at radius 1 is 1.38 bits per heavy atom. The van der Waals surface area contributed by atoms with Crippen LogP contribution in [0.2, 0.25) is 0 Å². The second-order valence-corrected chi connectivity index (χ2v) is 6.25. The van der Waals surface area contributed by atoms with Crippen molar-refractivity contribution in [3.63, 3.8) is 0 Å². The molecule has 26 heavy (non-hydrogen) atoms. The third-order valence-corrected chi connectivity index (χ3v) is 4.47. The normalized spacial score (nSPS) is 11.8. The van der Waals surface area contributed by atoms with Crippen LogP contribution >= 0.6 is 0 Å². The Labute approximate surface area is 151 Å². The van der Waals surface area contributed by atoms with Gasteiger partial charge in [-0.1, -0.05) is 12.1 Å². The zero-order chi connectivity index (χ0) is 19.4. The maximum atomic E-state index is 12.5. The molecule has 8 heteroatoms. The SMILES string of the molecule is Cc1nc(C)c(CCC(=O)N(C)[C@@H](C)c2cccc([N+](=O)[O-])c2)c(=O)[nH]1. The number of rotatable bonds is 6. The van der Waals surface area contributed by atoms with Crippen LogP contribution < -0.4 is 5.56 Å². The monoisotopic (exact) mass is 358 g/mol. The number of benzene rings is 1. The fourth-order valence-corrected chi connectivity index (χ4v) is 2.79. The van der Waals surface area contributed by atoms with Gasteiger partial charge in [-0.05, 0) is 32.8 Å². The lowest BCUT2D eigenvalue weighted by molar-refractivity contribution is -0.384. The van der Waals surface area contributed by atoms with E-state index in [1.165, 1.54) is 17.0 Å². The number of nitro groups is 1. The Hall–Kier alpha value is -3.03. The maximum absolute atomic E-state index is 12.5. The van der Waals surface area contributed by atoms with Crippen LogP contribution in [0.15, 0.2) is 29.1 Å². The first kappa shape index (κ1) is 19.3. The molecule has 0 unspecified atom stereocenters. The minimum atomic E-state index is -0.461. The molecule has 1 aromatic heterocycles. The Bertz CT molecular complexity index is 891. The predicted molar refractivity (Wildman–Crippen MR) is 96.9 cm³/mol. The number of hydrogen-bond acceptors (Lipinski definition) is 5. The van der Waals surface area contributed by atoms with Crippen molar-refractivity contribution in [3.8, 4) is 0 Å². The Morgan fingerprint density at radius 2 is 2.08 bits per heavy atom. The van der Waals surface area contributed by atoms with Crippen LogP contribution in [0.25, 0.3) is 0 Å². The zero-order valence-corrected chi connectivity index (χ0v) is 15.3. The van der Waals surface area contributed by atoms with Crippen LogP contribution in [0.1, 0.15) is 42.0 Å². The van der Waals surface area contributed by atoms with Gasteiger partial charge in [-0.25, -0.2) is 4.98 Å². The van der Waals surface area contributed by atoms with Crippen molar-refractivity contribution in [1.82, 2.24) is 14.9 Å². The molecule has 0 saturated heterocycles. The van der Waals surface area contributed by atoms with E-state index in [1.807, 2.05) is 6.92 Å². The highest BCUT2D eigenvalue weighted by atomic mass is 16.6. The summed E-state index contributed by atoms with van der Waals surface area (Å²) in [5.74, 6) is 0.391. The Balaban J connectivity index is 2.09. The van der Waals surface area contributed by atoms with Gasteiger partial charge in [-0.3, -0.25) is 19.7 Å². The van der Waals surface area contributed by atoms with Gasteiger partial charge in [0.2, 0.25) is 5.91 Å². The van der Waals surface area contributed by atoms with Gasteiger partial charge in [0.05, 0.1) is 11.0 Å². The number of aromatic amines is 1. The molecule has 138 valence electrons. The van der Waals surface area contributed by atoms with Crippen molar-refractivity contribution < 1.29 is 9.72 Å². The van der Waals surface area contributed by atoms with Gasteiger partial charge in [-0.2, -0.15) is 0 Å². The molecule has 0 aliphatic carbocycles. The highest BCUT2D eigenvalue weighted by Gasteiger charge is 2.20. The van der Waals surface area contributed by atoms with Gasteiger partial charge in [0.1, 0.15) is 5.82 Å². The lowest BCUT2D eigenvalue weighted by atomic mass is 10.0. The zero-order valence-electron chi connectivity index (χ0n) is 15.3. The van der Waals surface area contributed by atoms with E-state index in [9.17, 15) is 19.7 Å². The Morgan fingerprint density at radius 3 is 2.69 bits per heavy atom. The first-order chi connectivity index (χ1) is 12.2. The van der Waals surface area contributed by atoms with Crippen LogP contribution in [-0.2, 0) is 11.2 Å². The van der Waals surface area contributed by atoms with Crippen LogP contribution in [-0.4, -0.2) is 32.7 Å². The van der Waals surface area contributed by atoms with E-state index in [0.717, 1.165) is 0 Å². The number of carbonyl (C=O) groups is 1. The molecule has 1 aromatic carbocycles. The lowest BCUT2D eigenvalue weighted by Crippen LogP contribution is -2.30. The number of amides is 1. The molecule has 1 amide bonds. The summed E-state index contributed by atoms with van der Waals surface area (Å²) in [5, 5.41) is 10.9. The number of aromatic nitrogens is 2. The summed E-state index contributed by atoms with van der Waals surface area (Å²) >= 11 is 0. The van der Waals surface area contributed by atoms with Crippen molar-refractivity contribution in [2.24, 2.45) is 0 Å². The first-order valence-electron chi connectivity index (χ1n) is 8.27. The summed E-state index contributed by atoms with van der Waals surface area (Å²) in [5.41, 5.74) is 1.56. The van der Waals surface area contributed by atoms with Crippen LogP contribution in [0, 0.1) is 24.0 Å². The summed E-state index contributed by atoms with van der Waals surface area (Å²) in [6.07, 6.45) is 0.448. The maximum Gasteiger partial charge on any atom is 0.269 e. The highest BCUT2D eigenvalue weighted by molar-refractivity contribution is 5.76. The van der Waals surface area contributed by atoms with E-state index in [1.54, 1.807) is 33.0 Å². The summed E-state index contributed by atoms with van der Waals surface area (Å²) in [4.78, 5) is 43.4. The van der Waals surface area contributed by atoms with E-state index in [2.05, 4.69) is 9.97 Å². The largest absolute Gasteiger partial charge is 0.339 e. The number of nitro benzene ring substituents is 1. The summed E-state index contributed by atoms with van der Waals surface area (Å²) < 4.78 is 0. The van der Waals surface area contributed by atoms with Gasteiger partial charge < -0.3 is 9.88 Å². The quantitative estimate of drug-likeness (QED) is 0.630. The third kappa shape index (κ3) is 4.33. The molecule has 0 aliphatic heterocycles. The van der Waals surface area contributed by atoms with E-state index in [4.69, 9.17) is 0 Å². The van der Waals surface area contributed by atoms with Gasteiger partial charge in [0.25, 0.3) is 11.2 Å². The molecule has 2 rings (SSSR count). The molecule has 1 atom stereocenters. The fraction of sp³-hybridized carbons (Fsp3) is 0.389.